The maximum absolute atomic E-state index is 5.74. The molecule has 0 spiro atoms. The van der Waals surface area contributed by atoms with Gasteiger partial charge in [0.25, 0.3) is 0 Å². The summed E-state index contributed by atoms with van der Waals surface area (Å²) >= 11 is 0. The lowest BCUT2D eigenvalue weighted by atomic mass is 9.82. The molecular weight excluding hydrogens is 236 g/mol. The van der Waals surface area contributed by atoms with E-state index in [9.17, 15) is 0 Å². The molecule has 2 aromatic rings. The van der Waals surface area contributed by atoms with E-state index in [4.69, 9.17) is 5.73 Å². The minimum absolute atomic E-state index is 0.373. The predicted molar refractivity (Wildman–Crippen MR) is 74.8 cm³/mol. The van der Waals surface area contributed by atoms with Crippen molar-refractivity contribution >= 4 is 0 Å². The monoisotopic (exact) mass is 256 g/mol. The fraction of sp³-hybridized carbons (Fsp3) is 0.467. The Kier molecular flexibility index (Phi) is 3.34. The zero-order valence-electron chi connectivity index (χ0n) is 11.3. The van der Waals surface area contributed by atoms with Gasteiger partial charge in [-0.3, -0.25) is 0 Å². The van der Waals surface area contributed by atoms with Crippen LogP contribution in [0.25, 0.3) is 0 Å². The quantitative estimate of drug-likeness (QED) is 0.916. The lowest BCUT2D eigenvalue weighted by Gasteiger charge is -2.25. The zero-order chi connectivity index (χ0) is 13.2. The number of benzene rings is 1. The lowest BCUT2D eigenvalue weighted by molar-refractivity contribution is 0.551. The van der Waals surface area contributed by atoms with E-state index < -0.39 is 0 Å². The molecule has 100 valence electrons. The highest BCUT2D eigenvalue weighted by Gasteiger charge is 2.26. The fourth-order valence-corrected chi connectivity index (χ4v) is 3.12. The molecule has 0 aliphatic heterocycles. The molecule has 0 bridgehead atoms. The third-order valence-corrected chi connectivity index (χ3v) is 4.04. The standard InChI is InChI=1S/C15H20N4/c1-2-19-14(10-16)17-18-15(19)13-9-5-7-11-6-3-4-8-12(11)13/h3-4,6,8,13H,2,5,7,9-10,16H2,1H3. The number of nitrogens with two attached hydrogens (primary N) is 1. The highest BCUT2D eigenvalue weighted by molar-refractivity contribution is 5.36. The Labute approximate surface area is 113 Å². The Hall–Kier alpha value is -1.68. The second kappa shape index (κ2) is 5.13. The predicted octanol–water partition coefficient (Wildman–Crippen LogP) is 2.22. The molecule has 1 aromatic heterocycles. The van der Waals surface area contributed by atoms with Crippen molar-refractivity contribution in [3.05, 3.63) is 47.0 Å². The molecule has 4 nitrogen and oxygen atoms in total. The van der Waals surface area contributed by atoms with Gasteiger partial charge in [-0.2, -0.15) is 0 Å². The Morgan fingerprint density at radius 3 is 2.95 bits per heavy atom. The number of fused-ring (bicyclic) bond motifs is 1. The van der Waals surface area contributed by atoms with Crippen LogP contribution < -0.4 is 5.73 Å². The van der Waals surface area contributed by atoms with Crippen LogP contribution >= 0.6 is 0 Å². The van der Waals surface area contributed by atoms with Crippen molar-refractivity contribution in [3.63, 3.8) is 0 Å². The fourth-order valence-electron chi connectivity index (χ4n) is 3.12. The van der Waals surface area contributed by atoms with E-state index in [0.717, 1.165) is 24.6 Å². The molecule has 0 saturated heterocycles. The number of rotatable bonds is 3. The van der Waals surface area contributed by atoms with Gasteiger partial charge in [-0.1, -0.05) is 24.3 Å². The van der Waals surface area contributed by atoms with Gasteiger partial charge in [0.1, 0.15) is 11.6 Å². The molecule has 1 heterocycles. The van der Waals surface area contributed by atoms with Crippen molar-refractivity contribution in [2.75, 3.05) is 0 Å². The first kappa shape index (κ1) is 12.4. The summed E-state index contributed by atoms with van der Waals surface area (Å²) in [5.74, 6) is 2.34. The van der Waals surface area contributed by atoms with Crippen molar-refractivity contribution in [2.45, 2.75) is 45.2 Å². The van der Waals surface area contributed by atoms with Gasteiger partial charge < -0.3 is 10.3 Å². The smallest absolute Gasteiger partial charge is 0.146 e. The lowest BCUT2D eigenvalue weighted by Crippen LogP contribution is -2.17. The molecule has 0 radical (unpaired) electrons. The molecule has 1 aliphatic rings. The van der Waals surface area contributed by atoms with Gasteiger partial charge in [0.2, 0.25) is 0 Å². The van der Waals surface area contributed by atoms with Crippen LogP contribution in [0.4, 0.5) is 0 Å². The van der Waals surface area contributed by atoms with Crippen molar-refractivity contribution in [1.82, 2.24) is 14.8 Å². The van der Waals surface area contributed by atoms with E-state index in [2.05, 4.69) is 46.0 Å². The third kappa shape index (κ3) is 2.06. The average Bonchev–Trinajstić information content (AvgIpc) is 2.89. The third-order valence-electron chi connectivity index (χ3n) is 4.04. The number of aryl methyl sites for hydroxylation is 1. The molecule has 1 atom stereocenters. The Balaban J connectivity index is 2.06. The molecule has 2 N–H and O–H groups in total. The average molecular weight is 256 g/mol. The minimum Gasteiger partial charge on any atom is -0.324 e. The van der Waals surface area contributed by atoms with Gasteiger partial charge in [0.15, 0.2) is 0 Å². The second-order valence-electron chi connectivity index (χ2n) is 5.07. The van der Waals surface area contributed by atoms with Crippen molar-refractivity contribution in [2.24, 2.45) is 5.73 Å². The number of nitrogens with zero attached hydrogens (tertiary/aromatic N) is 3. The van der Waals surface area contributed by atoms with E-state index in [-0.39, 0.29) is 0 Å². The van der Waals surface area contributed by atoms with Crippen molar-refractivity contribution < 1.29 is 0 Å². The SMILES string of the molecule is CCn1c(CN)nnc1C1CCCc2ccccc21. The van der Waals surface area contributed by atoms with Crippen LogP contribution in [0.5, 0.6) is 0 Å². The van der Waals surface area contributed by atoms with E-state index in [0.29, 0.717) is 12.5 Å². The number of aromatic nitrogens is 3. The summed E-state index contributed by atoms with van der Waals surface area (Å²) in [6.07, 6.45) is 3.55. The first-order chi connectivity index (χ1) is 9.35. The maximum atomic E-state index is 5.74. The van der Waals surface area contributed by atoms with E-state index in [1.807, 2.05) is 0 Å². The van der Waals surface area contributed by atoms with E-state index >= 15 is 0 Å². The van der Waals surface area contributed by atoms with Crippen LogP contribution in [0.1, 0.15) is 48.5 Å². The highest BCUT2D eigenvalue weighted by Crippen LogP contribution is 2.35. The highest BCUT2D eigenvalue weighted by atomic mass is 15.3. The molecule has 0 fully saturated rings. The maximum Gasteiger partial charge on any atom is 0.146 e. The first-order valence-corrected chi connectivity index (χ1v) is 7.05. The number of hydrogen-bond donors (Lipinski definition) is 1. The summed E-state index contributed by atoms with van der Waals surface area (Å²) in [7, 11) is 0. The normalized spacial score (nSPS) is 18.3. The molecule has 0 saturated carbocycles. The summed E-state index contributed by atoms with van der Waals surface area (Å²) in [4.78, 5) is 0. The van der Waals surface area contributed by atoms with Gasteiger partial charge in [0.05, 0.1) is 6.54 Å². The summed E-state index contributed by atoms with van der Waals surface area (Å²) in [6.45, 7) is 3.46. The largest absolute Gasteiger partial charge is 0.324 e. The molecule has 1 unspecified atom stereocenters. The van der Waals surface area contributed by atoms with Crippen LogP contribution in [0, 0.1) is 0 Å². The Bertz CT molecular complexity index is 573. The van der Waals surface area contributed by atoms with Gasteiger partial charge >= 0.3 is 0 Å². The Morgan fingerprint density at radius 1 is 1.32 bits per heavy atom. The van der Waals surface area contributed by atoms with Gasteiger partial charge in [-0.15, -0.1) is 10.2 Å². The van der Waals surface area contributed by atoms with Gasteiger partial charge in [-0.25, -0.2) is 0 Å². The number of hydrogen-bond acceptors (Lipinski definition) is 3. The van der Waals surface area contributed by atoms with Gasteiger partial charge in [0, 0.05) is 12.5 Å². The molecule has 0 amide bonds. The van der Waals surface area contributed by atoms with E-state index in [1.54, 1.807) is 0 Å². The van der Waals surface area contributed by atoms with Crippen LogP contribution in [-0.2, 0) is 19.5 Å². The zero-order valence-corrected chi connectivity index (χ0v) is 11.3. The Morgan fingerprint density at radius 2 is 2.16 bits per heavy atom. The van der Waals surface area contributed by atoms with E-state index in [1.165, 1.54) is 24.0 Å². The molecular formula is C15H20N4. The van der Waals surface area contributed by atoms with Crippen LogP contribution in [-0.4, -0.2) is 14.8 Å². The summed E-state index contributed by atoms with van der Waals surface area (Å²) in [5.41, 5.74) is 8.61. The molecule has 1 aliphatic carbocycles. The van der Waals surface area contributed by atoms with Crippen molar-refractivity contribution in [3.8, 4) is 0 Å². The second-order valence-corrected chi connectivity index (χ2v) is 5.07. The molecule has 19 heavy (non-hydrogen) atoms. The summed E-state index contributed by atoms with van der Waals surface area (Å²) < 4.78 is 2.17. The summed E-state index contributed by atoms with van der Waals surface area (Å²) in [5, 5.41) is 8.65. The van der Waals surface area contributed by atoms with Crippen molar-refractivity contribution in [1.29, 1.82) is 0 Å². The van der Waals surface area contributed by atoms with Crippen LogP contribution in [0.2, 0.25) is 0 Å². The molecule has 1 aromatic carbocycles. The minimum atomic E-state index is 0.373. The van der Waals surface area contributed by atoms with Gasteiger partial charge in [-0.05, 0) is 37.3 Å². The topological polar surface area (TPSA) is 56.7 Å². The van der Waals surface area contributed by atoms with Crippen LogP contribution in [0.15, 0.2) is 24.3 Å². The summed E-state index contributed by atoms with van der Waals surface area (Å²) in [6, 6.07) is 8.71. The van der Waals surface area contributed by atoms with Crippen LogP contribution in [0.3, 0.4) is 0 Å². The first-order valence-electron chi connectivity index (χ1n) is 7.05. The molecule has 3 rings (SSSR count). The molecule has 4 heteroatoms.